The van der Waals surface area contributed by atoms with E-state index in [1.165, 1.54) is 38.5 Å². The Morgan fingerprint density at radius 1 is 1.19 bits per heavy atom. The molecule has 0 spiro atoms. The maximum absolute atomic E-state index is 6.02. The standard InChI is InChI=1S/C14H29NO/c1-4-10-15-13(5-2)11-16-14-8-6-12(3)7-9-14/h12-15H,4-11H2,1-3H3. The van der Waals surface area contributed by atoms with Crippen molar-refractivity contribution in [3.8, 4) is 0 Å². The molecular weight excluding hydrogens is 198 g/mol. The molecule has 1 aliphatic carbocycles. The van der Waals surface area contributed by atoms with Crippen molar-refractivity contribution < 1.29 is 4.74 Å². The Balaban J connectivity index is 2.11. The van der Waals surface area contributed by atoms with Crippen molar-refractivity contribution in [2.75, 3.05) is 13.2 Å². The van der Waals surface area contributed by atoms with Gasteiger partial charge in [0.2, 0.25) is 0 Å². The molecule has 0 heterocycles. The highest BCUT2D eigenvalue weighted by atomic mass is 16.5. The first-order valence-electron chi connectivity index (χ1n) is 7.11. The van der Waals surface area contributed by atoms with Crippen molar-refractivity contribution in [1.29, 1.82) is 0 Å². The van der Waals surface area contributed by atoms with Crippen LogP contribution in [0.5, 0.6) is 0 Å². The van der Waals surface area contributed by atoms with Crippen LogP contribution in [-0.4, -0.2) is 25.3 Å². The van der Waals surface area contributed by atoms with E-state index in [1.807, 2.05) is 0 Å². The molecule has 0 aromatic heterocycles. The lowest BCUT2D eigenvalue weighted by Crippen LogP contribution is -2.35. The normalized spacial score (nSPS) is 27.9. The van der Waals surface area contributed by atoms with E-state index in [-0.39, 0.29) is 0 Å². The van der Waals surface area contributed by atoms with Gasteiger partial charge in [0.05, 0.1) is 12.7 Å². The van der Waals surface area contributed by atoms with Crippen LogP contribution in [0.25, 0.3) is 0 Å². The van der Waals surface area contributed by atoms with Crippen molar-refractivity contribution in [2.45, 2.75) is 71.4 Å². The van der Waals surface area contributed by atoms with E-state index in [0.717, 1.165) is 19.1 Å². The largest absolute Gasteiger partial charge is 0.377 e. The first kappa shape index (κ1) is 14.0. The van der Waals surface area contributed by atoms with Crippen molar-refractivity contribution in [2.24, 2.45) is 5.92 Å². The van der Waals surface area contributed by atoms with Crippen LogP contribution in [0.1, 0.15) is 59.3 Å². The fourth-order valence-electron chi connectivity index (χ4n) is 2.32. The molecule has 1 rings (SSSR count). The fraction of sp³-hybridized carbons (Fsp3) is 1.00. The van der Waals surface area contributed by atoms with E-state index < -0.39 is 0 Å². The Morgan fingerprint density at radius 2 is 1.88 bits per heavy atom. The second kappa shape index (κ2) is 8.08. The third kappa shape index (κ3) is 5.31. The van der Waals surface area contributed by atoms with Gasteiger partial charge in [-0.3, -0.25) is 0 Å². The highest BCUT2D eigenvalue weighted by Crippen LogP contribution is 2.25. The second-order valence-corrected chi connectivity index (χ2v) is 5.27. The molecule has 0 aliphatic heterocycles. The molecule has 0 aromatic rings. The van der Waals surface area contributed by atoms with Crippen LogP contribution in [-0.2, 0) is 4.74 Å². The molecule has 1 unspecified atom stereocenters. The average Bonchev–Trinajstić information content (AvgIpc) is 2.32. The third-order valence-electron chi connectivity index (χ3n) is 3.67. The van der Waals surface area contributed by atoms with Crippen molar-refractivity contribution in [3.63, 3.8) is 0 Å². The molecule has 1 N–H and O–H groups in total. The van der Waals surface area contributed by atoms with Crippen molar-refractivity contribution >= 4 is 0 Å². The summed E-state index contributed by atoms with van der Waals surface area (Å²) in [7, 11) is 0. The van der Waals surface area contributed by atoms with Crippen LogP contribution >= 0.6 is 0 Å². The number of hydrogen-bond donors (Lipinski definition) is 1. The quantitative estimate of drug-likeness (QED) is 0.720. The maximum Gasteiger partial charge on any atom is 0.0623 e. The zero-order chi connectivity index (χ0) is 11.8. The van der Waals surface area contributed by atoms with Crippen LogP contribution < -0.4 is 5.32 Å². The molecule has 0 saturated heterocycles. The van der Waals surface area contributed by atoms with Crippen molar-refractivity contribution in [1.82, 2.24) is 5.32 Å². The summed E-state index contributed by atoms with van der Waals surface area (Å²) in [4.78, 5) is 0. The lowest BCUT2D eigenvalue weighted by atomic mass is 9.89. The minimum absolute atomic E-state index is 0.536. The summed E-state index contributed by atoms with van der Waals surface area (Å²) in [6, 6.07) is 0.555. The number of hydrogen-bond acceptors (Lipinski definition) is 2. The van der Waals surface area contributed by atoms with Gasteiger partial charge in [0.25, 0.3) is 0 Å². The summed E-state index contributed by atoms with van der Waals surface area (Å²) in [6.45, 7) is 8.82. The van der Waals surface area contributed by atoms with Gasteiger partial charge in [-0.25, -0.2) is 0 Å². The lowest BCUT2D eigenvalue weighted by molar-refractivity contribution is 0.00779. The molecule has 0 amide bonds. The molecule has 1 saturated carbocycles. The molecule has 1 aliphatic rings. The van der Waals surface area contributed by atoms with Gasteiger partial charge in [0.1, 0.15) is 0 Å². The summed E-state index contributed by atoms with van der Waals surface area (Å²) in [6.07, 6.45) is 8.15. The van der Waals surface area contributed by atoms with Gasteiger partial charge in [-0.15, -0.1) is 0 Å². The molecule has 0 radical (unpaired) electrons. The first-order chi connectivity index (χ1) is 7.76. The van der Waals surface area contributed by atoms with Crippen molar-refractivity contribution in [3.05, 3.63) is 0 Å². The smallest absolute Gasteiger partial charge is 0.0623 e. The number of rotatable bonds is 7. The van der Waals surface area contributed by atoms with Gasteiger partial charge in [0, 0.05) is 6.04 Å². The zero-order valence-corrected chi connectivity index (χ0v) is 11.3. The first-order valence-corrected chi connectivity index (χ1v) is 7.11. The van der Waals surface area contributed by atoms with Crippen LogP contribution in [0.4, 0.5) is 0 Å². The van der Waals surface area contributed by atoms with Crippen LogP contribution in [0, 0.1) is 5.92 Å². The van der Waals surface area contributed by atoms with E-state index in [0.29, 0.717) is 12.1 Å². The SMILES string of the molecule is CCCNC(CC)COC1CCC(C)CC1. The van der Waals surface area contributed by atoms with Gasteiger partial charge in [-0.2, -0.15) is 0 Å². The minimum atomic E-state index is 0.536. The topological polar surface area (TPSA) is 21.3 Å². The van der Waals surface area contributed by atoms with Gasteiger partial charge < -0.3 is 10.1 Å². The summed E-state index contributed by atoms with van der Waals surface area (Å²) in [5.41, 5.74) is 0. The molecule has 1 fully saturated rings. The summed E-state index contributed by atoms with van der Waals surface area (Å²) < 4.78 is 6.02. The number of ether oxygens (including phenoxy) is 1. The van der Waals surface area contributed by atoms with Gasteiger partial charge in [0.15, 0.2) is 0 Å². The van der Waals surface area contributed by atoms with Gasteiger partial charge >= 0.3 is 0 Å². The molecule has 0 bridgehead atoms. The third-order valence-corrected chi connectivity index (χ3v) is 3.67. The van der Waals surface area contributed by atoms with Crippen LogP contribution in [0.15, 0.2) is 0 Å². The Kier molecular flexibility index (Phi) is 7.06. The Labute approximate surface area is 101 Å². The molecule has 1 atom stereocenters. The predicted octanol–water partition coefficient (Wildman–Crippen LogP) is 3.36. The van der Waals surface area contributed by atoms with Crippen LogP contribution in [0.3, 0.4) is 0 Å². The zero-order valence-electron chi connectivity index (χ0n) is 11.3. The highest BCUT2D eigenvalue weighted by Gasteiger charge is 2.19. The monoisotopic (exact) mass is 227 g/mol. The molecule has 2 nitrogen and oxygen atoms in total. The van der Waals surface area contributed by atoms with Crippen LogP contribution in [0.2, 0.25) is 0 Å². The molecule has 16 heavy (non-hydrogen) atoms. The molecular formula is C14H29NO. The van der Waals surface area contributed by atoms with E-state index in [2.05, 4.69) is 26.1 Å². The predicted molar refractivity (Wildman–Crippen MR) is 69.7 cm³/mol. The summed E-state index contributed by atoms with van der Waals surface area (Å²) in [5, 5.41) is 3.54. The summed E-state index contributed by atoms with van der Waals surface area (Å²) >= 11 is 0. The van der Waals surface area contributed by atoms with E-state index in [4.69, 9.17) is 4.74 Å². The Bertz CT molecular complexity index is 159. The van der Waals surface area contributed by atoms with Gasteiger partial charge in [-0.1, -0.05) is 20.8 Å². The van der Waals surface area contributed by atoms with E-state index in [9.17, 15) is 0 Å². The highest BCUT2D eigenvalue weighted by molar-refractivity contribution is 4.71. The van der Waals surface area contributed by atoms with E-state index >= 15 is 0 Å². The Morgan fingerprint density at radius 3 is 2.44 bits per heavy atom. The second-order valence-electron chi connectivity index (χ2n) is 5.27. The summed E-state index contributed by atoms with van der Waals surface area (Å²) in [5.74, 6) is 0.917. The molecule has 0 aromatic carbocycles. The molecule has 2 heteroatoms. The minimum Gasteiger partial charge on any atom is -0.377 e. The Hall–Kier alpha value is -0.0800. The van der Waals surface area contributed by atoms with Gasteiger partial charge in [-0.05, 0) is 51.0 Å². The maximum atomic E-state index is 6.02. The lowest BCUT2D eigenvalue weighted by Gasteiger charge is -2.28. The average molecular weight is 227 g/mol. The number of nitrogens with one attached hydrogen (secondary N) is 1. The molecule has 96 valence electrons. The fourth-order valence-corrected chi connectivity index (χ4v) is 2.32. The van der Waals surface area contributed by atoms with E-state index in [1.54, 1.807) is 0 Å².